The van der Waals surface area contributed by atoms with E-state index in [1.807, 2.05) is 0 Å². The Morgan fingerprint density at radius 2 is 2.04 bits per heavy atom. The predicted molar refractivity (Wildman–Crippen MR) is 92.1 cm³/mol. The summed E-state index contributed by atoms with van der Waals surface area (Å²) in [4.78, 5) is 30.8. The molecule has 1 unspecified atom stereocenters. The highest BCUT2D eigenvalue weighted by Crippen LogP contribution is 2.32. The second-order valence-corrected chi connectivity index (χ2v) is 9.79. The van der Waals surface area contributed by atoms with E-state index in [1.165, 1.54) is 18.0 Å². The van der Waals surface area contributed by atoms with E-state index in [-0.39, 0.29) is 29.2 Å². The van der Waals surface area contributed by atoms with E-state index in [9.17, 15) is 18.0 Å². The lowest BCUT2D eigenvalue weighted by atomic mass is 10.1. The Morgan fingerprint density at radius 1 is 1.38 bits per heavy atom. The first-order chi connectivity index (χ1) is 11.3. The van der Waals surface area contributed by atoms with Crippen molar-refractivity contribution in [2.24, 2.45) is 0 Å². The standard InChI is InChI=1S/C15H21N3O4S2/c1-10-8-16-15-18(14(10)20)11(9-23-15)7-13(19)17-5-3-12(4-6-17)24(2,21)22/h8,11-12H,3-7,9H2,1-2H3. The maximum atomic E-state index is 12.5. The maximum absolute atomic E-state index is 12.5. The average Bonchev–Trinajstić information content (AvgIpc) is 2.94. The molecule has 1 amide bonds. The molecule has 1 aromatic heterocycles. The van der Waals surface area contributed by atoms with Crippen LogP contribution in [0.3, 0.4) is 0 Å². The Hall–Kier alpha value is -1.35. The zero-order valence-corrected chi connectivity index (χ0v) is 15.4. The first-order valence-electron chi connectivity index (χ1n) is 7.95. The van der Waals surface area contributed by atoms with Crippen LogP contribution >= 0.6 is 11.8 Å². The van der Waals surface area contributed by atoms with Crippen LogP contribution in [0.4, 0.5) is 0 Å². The minimum absolute atomic E-state index is 0.0196. The third-order valence-corrected chi connectivity index (χ3v) is 7.51. The van der Waals surface area contributed by atoms with Gasteiger partial charge in [-0.2, -0.15) is 0 Å². The van der Waals surface area contributed by atoms with Gasteiger partial charge < -0.3 is 4.90 Å². The zero-order valence-electron chi connectivity index (χ0n) is 13.8. The fraction of sp³-hybridized carbons (Fsp3) is 0.667. The Labute approximate surface area is 145 Å². The normalized spacial score (nSPS) is 21.8. The monoisotopic (exact) mass is 371 g/mol. The van der Waals surface area contributed by atoms with E-state index in [2.05, 4.69) is 4.98 Å². The van der Waals surface area contributed by atoms with Gasteiger partial charge in [0.05, 0.1) is 11.3 Å². The molecule has 0 radical (unpaired) electrons. The number of amides is 1. The smallest absolute Gasteiger partial charge is 0.257 e. The van der Waals surface area contributed by atoms with E-state index in [1.54, 1.807) is 22.6 Å². The van der Waals surface area contributed by atoms with Crippen LogP contribution in [0.2, 0.25) is 0 Å². The molecule has 0 aromatic carbocycles. The molecule has 0 saturated carbocycles. The number of likely N-dealkylation sites (tertiary alicyclic amines) is 1. The minimum atomic E-state index is -3.04. The number of nitrogens with zero attached hydrogens (tertiary/aromatic N) is 3. The number of fused-ring (bicyclic) bond motifs is 1. The molecule has 3 rings (SSSR count). The number of hydrogen-bond donors (Lipinski definition) is 0. The molecule has 24 heavy (non-hydrogen) atoms. The van der Waals surface area contributed by atoms with E-state index < -0.39 is 9.84 Å². The van der Waals surface area contributed by atoms with E-state index in [0.29, 0.717) is 42.4 Å². The molecule has 3 heterocycles. The molecule has 2 aliphatic heterocycles. The van der Waals surface area contributed by atoms with Crippen molar-refractivity contribution >= 4 is 27.5 Å². The van der Waals surface area contributed by atoms with Crippen molar-refractivity contribution in [1.29, 1.82) is 0 Å². The van der Waals surface area contributed by atoms with Crippen molar-refractivity contribution in [2.75, 3.05) is 25.1 Å². The van der Waals surface area contributed by atoms with E-state index in [0.717, 1.165) is 0 Å². The van der Waals surface area contributed by atoms with Gasteiger partial charge in [0.25, 0.3) is 5.56 Å². The van der Waals surface area contributed by atoms with Crippen molar-refractivity contribution in [3.63, 3.8) is 0 Å². The predicted octanol–water partition coefficient (Wildman–Crippen LogP) is 0.624. The Morgan fingerprint density at radius 3 is 2.67 bits per heavy atom. The summed E-state index contributed by atoms with van der Waals surface area (Å²) in [6.07, 6.45) is 4.06. The van der Waals surface area contributed by atoms with Gasteiger partial charge in [-0.3, -0.25) is 14.2 Å². The molecule has 0 aliphatic carbocycles. The highest BCUT2D eigenvalue weighted by atomic mass is 32.2. The van der Waals surface area contributed by atoms with Crippen molar-refractivity contribution in [3.8, 4) is 0 Å². The lowest BCUT2D eigenvalue weighted by Crippen LogP contribution is -2.43. The van der Waals surface area contributed by atoms with Gasteiger partial charge in [0.15, 0.2) is 5.16 Å². The highest BCUT2D eigenvalue weighted by molar-refractivity contribution is 7.99. The fourth-order valence-electron chi connectivity index (χ4n) is 3.23. The summed E-state index contributed by atoms with van der Waals surface area (Å²) >= 11 is 1.49. The van der Waals surface area contributed by atoms with Crippen LogP contribution in [-0.2, 0) is 14.6 Å². The van der Waals surface area contributed by atoms with Crippen LogP contribution < -0.4 is 5.56 Å². The summed E-state index contributed by atoms with van der Waals surface area (Å²) in [6.45, 7) is 2.65. The van der Waals surface area contributed by atoms with Crippen molar-refractivity contribution in [3.05, 3.63) is 22.1 Å². The van der Waals surface area contributed by atoms with Gasteiger partial charge in [-0.25, -0.2) is 13.4 Å². The summed E-state index contributed by atoms with van der Waals surface area (Å²) in [5.74, 6) is 0.644. The van der Waals surface area contributed by atoms with Crippen LogP contribution in [0.15, 0.2) is 16.1 Å². The zero-order chi connectivity index (χ0) is 17.5. The molecule has 9 heteroatoms. The molecule has 1 aromatic rings. The molecule has 7 nitrogen and oxygen atoms in total. The van der Waals surface area contributed by atoms with Gasteiger partial charge in [0, 0.05) is 43.3 Å². The number of rotatable bonds is 3. The van der Waals surface area contributed by atoms with Crippen LogP contribution in [0.1, 0.15) is 30.9 Å². The summed E-state index contributed by atoms with van der Waals surface area (Å²) in [5.41, 5.74) is 0.492. The minimum Gasteiger partial charge on any atom is -0.343 e. The van der Waals surface area contributed by atoms with Gasteiger partial charge in [-0.05, 0) is 19.8 Å². The number of carbonyl (C=O) groups is 1. The molecule has 1 saturated heterocycles. The summed E-state index contributed by atoms with van der Waals surface area (Å²) in [6, 6.07) is -0.176. The molecule has 132 valence electrons. The van der Waals surface area contributed by atoms with Crippen molar-refractivity contribution < 1.29 is 13.2 Å². The topological polar surface area (TPSA) is 89.3 Å². The van der Waals surface area contributed by atoms with Gasteiger partial charge in [-0.1, -0.05) is 11.8 Å². The molecule has 1 atom stereocenters. The second-order valence-electron chi connectivity index (χ2n) is 6.48. The van der Waals surface area contributed by atoms with E-state index >= 15 is 0 Å². The lowest BCUT2D eigenvalue weighted by molar-refractivity contribution is -0.132. The largest absolute Gasteiger partial charge is 0.343 e. The summed E-state index contributed by atoms with van der Waals surface area (Å²) < 4.78 is 24.8. The Kier molecular flexibility index (Phi) is 4.74. The SMILES string of the molecule is Cc1cnc2n(c1=O)C(CC(=O)N1CCC(S(C)(=O)=O)CC1)CS2. The molecule has 0 N–H and O–H groups in total. The lowest BCUT2D eigenvalue weighted by Gasteiger charge is -2.31. The molecule has 2 aliphatic rings. The molecule has 0 bridgehead atoms. The first-order valence-corrected chi connectivity index (χ1v) is 10.9. The van der Waals surface area contributed by atoms with Gasteiger partial charge in [-0.15, -0.1) is 0 Å². The quantitative estimate of drug-likeness (QED) is 0.724. The third kappa shape index (κ3) is 3.37. The maximum Gasteiger partial charge on any atom is 0.257 e. The van der Waals surface area contributed by atoms with E-state index in [4.69, 9.17) is 0 Å². The number of thioether (sulfide) groups is 1. The van der Waals surface area contributed by atoms with Crippen LogP contribution in [0.25, 0.3) is 0 Å². The van der Waals surface area contributed by atoms with Crippen LogP contribution in [0.5, 0.6) is 0 Å². The Balaban J connectivity index is 1.66. The average molecular weight is 371 g/mol. The van der Waals surface area contributed by atoms with Gasteiger partial charge in [0.2, 0.25) is 5.91 Å². The number of aryl methyl sites for hydroxylation is 1. The van der Waals surface area contributed by atoms with Crippen molar-refractivity contribution in [1.82, 2.24) is 14.5 Å². The third-order valence-electron chi connectivity index (χ3n) is 4.71. The second kappa shape index (κ2) is 6.51. The molecule has 0 spiro atoms. The van der Waals surface area contributed by atoms with Crippen LogP contribution in [0, 0.1) is 6.92 Å². The highest BCUT2D eigenvalue weighted by Gasteiger charge is 2.32. The van der Waals surface area contributed by atoms with Crippen molar-refractivity contribution in [2.45, 2.75) is 42.6 Å². The fourth-order valence-corrected chi connectivity index (χ4v) is 5.41. The molecular weight excluding hydrogens is 350 g/mol. The number of piperidine rings is 1. The molecular formula is C15H21N3O4S2. The van der Waals surface area contributed by atoms with Gasteiger partial charge in [0.1, 0.15) is 9.84 Å². The molecule has 1 fully saturated rings. The summed E-state index contributed by atoms with van der Waals surface area (Å²) in [5, 5.41) is 0.318. The summed E-state index contributed by atoms with van der Waals surface area (Å²) in [7, 11) is -3.04. The number of sulfone groups is 1. The van der Waals surface area contributed by atoms with Gasteiger partial charge >= 0.3 is 0 Å². The number of hydrogen-bond acceptors (Lipinski definition) is 6. The number of aromatic nitrogens is 2. The number of carbonyl (C=O) groups excluding carboxylic acids is 1. The first kappa shape index (κ1) is 17.5. The Bertz CT molecular complexity index is 810. The van der Waals surface area contributed by atoms with Crippen LogP contribution in [-0.4, -0.2) is 59.1 Å².